The van der Waals surface area contributed by atoms with Crippen molar-refractivity contribution in [3.63, 3.8) is 0 Å². The van der Waals surface area contributed by atoms with Crippen molar-refractivity contribution in [1.29, 1.82) is 0 Å². The summed E-state index contributed by atoms with van der Waals surface area (Å²) in [4.78, 5) is 18.8. The molecule has 1 N–H and O–H groups in total. The summed E-state index contributed by atoms with van der Waals surface area (Å²) < 4.78 is 2.01. The van der Waals surface area contributed by atoms with E-state index in [0.29, 0.717) is 0 Å². The van der Waals surface area contributed by atoms with Crippen LogP contribution in [0.1, 0.15) is 42.1 Å². The Bertz CT molecular complexity index is 651. The van der Waals surface area contributed by atoms with Crippen molar-refractivity contribution in [2.75, 3.05) is 26.2 Å². The van der Waals surface area contributed by atoms with Gasteiger partial charge in [0.15, 0.2) is 0 Å². The average molecular weight is 340 g/mol. The molecular formula is C20H28N4O. The molecule has 134 valence electrons. The van der Waals surface area contributed by atoms with E-state index < -0.39 is 0 Å². The molecule has 1 atom stereocenters. The highest BCUT2D eigenvalue weighted by atomic mass is 16.1. The lowest BCUT2D eigenvalue weighted by molar-refractivity contribution is 0.0950. The van der Waals surface area contributed by atoms with Gasteiger partial charge in [-0.05, 0) is 56.0 Å². The van der Waals surface area contributed by atoms with Crippen molar-refractivity contribution in [2.24, 2.45) is 5.92 Å². The molecule has 0 radical (unpaired) electrons. The highest BCUT2D eigenvalue weighted by Crippen LogP contribution is 2.15. The maximum atomic E-state index is 12.2. The maximum absolute atomic E-state index is 12.2. The third-order valence-corrected chi connectivity index (χ3v) is 4.82. The fourth-order valence-corrected chi connectivity index (χ4v) is 3.45. The van der Waals surface area contributed by atoms with Crippen LogP contribution < -0.4 is 5.32 Å². The number of aromatic nitrogens is 2. The van der Waals surface area contributed by atoms with Crippen LogP contribution in [0.25, 0.3) is 0 Å². The van der Waals surface area contributed by atoms with E-state index in [1.165, 1.54) is 25.9 Å². The van der Waals surface area contributed by atoms with Gasteiger partial charge in [-0.1, -0.05) is 19.1 Å². The van der Waals surface area contributed by atoms with E-state index in [1.807, 2.05) is 35.0 Å². The van der Waals surface area contributed by atoms with Crippen molar-refractivity contribution in [1.82, 2.24) is 19.8 Å². The Morgan fingerprint density at radius 1 is 1.32 bits per heavy atom. The Morgan fingerprint density at radius 3 is 2.88 bits per heavy atom. The van der Waals surface area contributed by atoms with E-state index in [2.05, 4.69) is 22.1 Å². The summed E-state index contributed by atoms with van der Waals surface area (Å²) in [5.74, 6) is 0.824. The molecule has 0 unspecified atom stereocenters. The molecule has 1 aromatic heterocycles. The second-order valence-corrected chi connectivity index (χ2v) is 7.09. The van der Waals surface area contributed by atoms with Gasteiger partial charge in [0.05, 0.1) is 6.33 Å². The molecule has 1 saturated heterocycles. The summed E-state index contributed by atoms with van der Waals surface area (Å²) in [6.45, 7) is 7.32. The topological polar surface area (TPSA) is 50.2 Å². The number of likely N-dealkylation sites (tertiary alicyclic amines) is 1. The van der Waals surface area contributed by atoms with Gasteiger partial charge < -0.3 is 14.8 Å². The molecule has 3 rings (SSSR count). The molecule has 1 fully saturated rings. The van der Waals surface area contributed by atoms with Crippen LogP contribution in [-0.4, -0.2) is 46.5 Å². The largest absolute Gasteiger partial charge is 0.352 e. The second kappa shape index (κ2) is 8.81. The van der Waals surface area contributed by atoms with Crippen LogP contribution in [0.15, 0.2) is 43.0 Å². The Labute approximate surface area is 150 Å². The highest BCUT2D eigenvalue weighted by Gasteiger charge is 2.15. The van der Waals surface area contributed by atoms with Gasteiger partial charge in [-0.25, -0.2) is 4.98 Å². The lowest BCUT2D eigenvalue weighted by Gasteiger charge is -2.30. The van der Waals surface area contributed by atoms with Crippen LogP contribution in [0.4, 0.5) is 0 Å². The number of hydrogen-bond donors (Lipinski definition) is 1. The van der Waals surface area contributed by atoms with Gasteiger partial charge in [0.1, 0.15) is 0 Å². The van der Waals surface area contributed by atoms with Gasteiger partial charge >= 0.3 is 0 Å². The number of benzene rings is 1. The number of nitrogens with one attached hydrogen (secondary N) is 1. The van der Waals surface area contributed by atoms with Gasteiger partial charge in [-0.15, -0.1) is 0 Å². The van der Waals surface area contributed by atoms with E-state index >= 15 is 0 Å². The lowest BCUT2D eigenvalue weighted by atomic mass is 10.0. The Morgan fingerprint density at radius 2 is 2.16 bits per heavy atom. The van der Waals surface area contributed by atoms with E-state index in [1.54, 1.807) is 12.5 Å². The predicted molar refractivity (Wildman–Crippen MR) is 99.6 cm³/mol. The Kier molecular flexibility index (Phi) is 6.23. The summed E-state index contributed by atoms with van der Waals surface area (Å²) in [6, 6.07) is 7.80. The van der Waals surface area contributed by atoms with Crippen LogP contribution in [0.2, 0.25) is 0 Å². The van der Waals surface area contributed by atoms with Crippen molar-refractivity contribution < 1.29 is 4.79 Å². The number of piperidine rings is 1. The van der Waals surface area contributed by atoms with Crippen LogP contribution in [0.5, 0.6) is 0 Å². The number of hydrogen-bond acceptors (Lipinski definition) is 3. The van der Waals surface area contributed by atoms with E-state index in [4.69, 9.17) is 0 Å². The maximum Gasteiger partial charge on any atom is 0.251 e. The molecule has 5 heteroatoms. The molecule has 0 bridgehead atoms. The number of rotatable bonds is 7. The molecule has 1 amide bonds. The molecule has 2 heterocycles. The van der Waals surface area contributed by atoms with Crippen LogP contribution in [-0.2, 0) is 6.54 Å². The molecule has 2 aromatic rings. The summed E-state index contributed by atoms with van der Waals surface area (Å²) in [5, 5.41) is 3.03. The standard InChI is InChI=1S/C20H28N4O/c1-17-4-2-11-23(14-17)12-3-9-22-20(25)19-7-5-18(6-8-19)15-24-13-10-21-16-24/h5-8,10,13,16-17H,2-4,9,11-12,14-15H2,1H3,(H,22,25)/t17-/m0/s1. The Balaban J connectivity index is 1.39. The van der Waals surface area contributed by atoms with Crippen molar-refractivity contribution in [3.8, 4) is 0 Å². The Hall–Kier alpha value is -2.14. The average Bonchev–Trinajstić information content (AvgIpc) is 3.12. The van der Waals surface area contributed by atoms with Gasteiger partial charge in [0.25, 0.3) is 5.91 Å². The summed E-state index contributed by atoms with van der Waals surface area (Å²) in [6.07, 6.45) is 9.17. The molecular weight excluding hydrogens is 312 g/mol. The molecule has 0 spiro atoms. The minimum Gasteiger partial charge on any atom is -0.352 e. The number of carbonyl (C=O) groups is 1. The van der Waals surface area contributed by atoms with Crippen molar-refractivity contribution in [2.45, 2.75) is 32.7 Å². The second-order valence-electron chi connectivity index (χ2n) is 7.09. The summed E-state index contributed by atoms with van der Waals surface area (Å²) >= 11 is 0. The molecule has 1 aromatic carbocycles. The monoisotopic (exact) mass is 340 g/mol. The van der Waals surface area contributed by atoms with Crippen LogP contribution >= 0.6 is 0 Å². The fraction of sp³-hybridized carbons (Fsp3) is 0.500. The van der Waals surface area contributed by atoms with Crippen LogP contribution in [0, 0.1) is 5.92 Å². The number of imidazole rings is 1. The first-order chi connectivity index (χ1) is 12.2. The summed E-state index contributed by atoms with van der Waals surface area (Å²) in [7, 11) is 0. The van der Waals surface area contributed by atoms with Gasteiger partial charge in [0, 0.05) is 37.6 Å². The SMILES string of the molecule is C[C@H]1CCCN(CCCNC(=O)c2ccc(Cn3ccnc3)cc2)C1. The van der Waals surface area contributed by atoms with Crippen molar-refractivity contribution >= 4 is 5.91 Å². The van der Waals surface area contributed by atoms with Gasteiger partial charge in [-0.2, -0.15) is 0 Å². The zero-order valence-corrected chi connectivity index (χ0v) is 15.0. The smallest absolute Gasteiger partial charge is 0.251 e. The first kappa shape index (κ1) is 17.7. The van der Waals surface area contributed by atoms with E-state index in [9.17, 15) is 4.79 Å². The normalized spacial score (nSPS) is 18.2. The van der Waals surface area contributed by atoms with E-state index in [-0.39, 0.29) is 5.91 Å². The number of nitrogens with zero attached hydrogens (tertiary/aromatic N) is 3. The first-order valence-electron chi connectivity index (χ1n) is 9.26. The zero-order chi connectivity index (χ0) is 17.5. The van der Waals surface area contributed by atoms with Crippen molar-refractivity contribution in [3.05, 3.63) is 54.1 Å². The zero-order valence-electron chi connectivity index (χ0n) is 15.0. The highest BCUT2D eigenvalue weighted by molar-refractivity contribution is 5.94. The summed E-state index contributed by atoms with van der Waals surface area (Å²) in [5.41, 5.74) is 1.88. The molecule has 5 nitrogen and oxygen atoms in total. The lowest BCUT2D eigenvalue weighted by Crippen LogP contribution is -2.36. The fourth-order valence-electron chi connectivity index (χ4n) is 3.45. The van der Waals surface area contributed by atoms with Gasteiger partial charge in [-0.3, -0.25) is 4.79 Å². The minimum absolute atomic E-state index is 0.0150. The molecule has 25 heavy (non-hydrogen) atoms. The number of carbonyl (C=O) groups excluding carboxylic acids is 1. The minimum atomic E-state index is 0.0150. The molecule has 0 saturated carbocycles. The molecule has 0 aliphatic carbocycles. The van der Waals surface area contributed by atoms with E-state index in [0.717, 1.165) is 43.1 Å². The third kappa shape index (κ3) is 5.43. The molecule has 1 aliphatic rings. The quantitative estimate of drug-likeness (QED) is 0.789. The van der Waals surface area contributed by atoms with Gasteiger partial charge in [0.2, 0.25) is 0 Å². The predicted octanol–water partition coefficient (Wildman–Crippen LogP) is 2.78. The third-order valence-electron chi connectivity index (χ3n) is 4.82. The number of amides is 1. The first-order valence-corrected chi connectivity index (χ1v) is 9.26. The van der Waals surface area contributed by atoms with Crippen LogP contribution in [0.3, 0.4) is 0 Å². The molecule has 1 aliphatic heterocycles.